The van der Waals surface area contributed by atoms with Crippen LogP contribution in [-0.4, -0.2) is 17.2 Å². The molecule has 3 nitrogen and oxygen atoms in total. The Bertz CT molecular complexity index is 434. The molecule has 1 aromatic carbocycles. The van der Waals surface area contributed by atoms with Crippen molar-refractivity contribution in [3.8, 4) is 0 Å². The van der Waals surface area contributed by atoms with Crippen molar-refractivity contribution >= 4 is 5.97 Å². The molecule has 0 fully saturated rings. The third kappa shape index (κ3) is 4.52. The topological polar surface area (TPSA) is 46.5 Å². The molecule has 3 heteroatoms. The maximum Gasteiger partial charge on any atom is 0.335 e. The average Bonchev–Trinajstić information content (AvgIpc) is 2.38. The molecule has 0 bridgehead atoms. The third-order valence-corrected chi connectivity index (χ3v) is 3.41. The minimum Gasteiger partial charge on any atom is -0.478 e. The zero-order chi connectivity index (χ0) is 13.5. The summed E-state index contributed by atoms with van der Waals surface area (Å²) in [4.78, 5) is 10.8. The quantitative estimate of drug-likeness (QED) is 0.838. The first kappa shape index (κ1) is 13.8. The van der Waals surface area contributed by atoms with E-state index in [0.29, 0.717) is 18.3 Å². The lowest BCUT2D eigenvalue weighted by Gasteiger charge is -2.18. The fourth-order valence-electron chi connectivity index (χ4n) is 2.25. The molecule has 0 aromatic heterocycles. The van der Waals surface area contributed by atoms with Gasteiger partial charge >= 0.3 is 5.97 Å². The third-order valence-electron chi connectivity index (χ3n) is 3.41. The maximum atomic E-state index is 10.8. The largest absolute Gasteiger partial charge is 0.478 e. The van der Waals surface area contributed by atoms with Gasteiger partial charge in [0.25, 0.3) is 0 Å². The van der Waals surface area contributed by atoms with Crippen molar-refractivity contribution in [3.63, 3.8) is 0 Å². The van der Waals surface area contributed by atoms with Gasteiger partial charge in [-0.1, -0.05) is 24.3 Å². The van der Waals surface area contributed by atoms with E-state index in [1.165, 1.54) is 6.42 Å². The van der Waals surface area contributed by atoms with Crippen LogP contribution in [0.15, 0.2) is 36.4 Å². The number of hydrogen-bond acceptors (Lipinski definition) is 2. The predicted octanol–water partition coefficient (Wildman–Crippen LogP) is 3.79. The average molecular weight is 260 g/mol. The van der Waals surface area contributed by atoms with Gasteiger partial charge in [-0.15, -0.1) is 0 Å². The van der Waals surface area contributed by atoms with Gasteiger partial charge in [0.1, 0.15) is 0 Å². The second-order valence-corrected chi connectivity index (χ2v) is 4.91. The Hall–Kier alpha value is -1.61. The highest BCUT2D eigenvalue weighted by Crippen LogP contribution is 2.17. The van der Waals surface area contributed by atoms with Crippen LogP contribution in [0.2, 0.25) is 0 Å². The minimum atomic E-state index is -0.890. The summed E-state index contributed by atoms with van der Waals surface area (Å²) in [5.41, 5.74) is 1.35. The van der Waals surface area contributed by atoms with Gasteiger partial charge < -0.3 is 9.84 Å². The first-order valence-corrected chi connectivity index (χ1v) is 6.84. The number of rotatable bonds is 4. The molecule has 1 aliphatic carbocycles. The number of carboxylic acids is 1. The van der Waals surface area contributed by atoms with Crippen molar-refractivity contribution in [1.29, 1.82) is 0 Å². The molecule has 102 valence electrons. The van der Waals surface area contributed by atoms with Gasteiger partial charge in [-0.05, 0) is 49.8 Å². The highest BCUT2D eigenvalue weighted by atomic mass is 16.5. The van der Waals surface area contributed by atoms with Gasteiger partial charge in [0, 0.05) is 0 Å². The number of benzene rings is 1. The molecule has 0 saturated carbocycles. The van der Waals surface area contributed by atoms with E-state index in [-0.39, 0.29) is 0 Å². The summed E-state index contributed by atoms with van der Waals surface area (Å²) in [5, 5.41) is 8.83. The Morgan fingerprint density at radius 1 is 1.16 bits per heavy atom. The Morgan fingerprint density at radius 2 is 1.89 bits per heavy atom. The zero-order valence-corrected chi connectivity index (χ0v) is 11.0. The normalized spacial score (nSPS) is 21.4. The Balaban J connectivity index is 1.83. The Kier molecular flexibility index (Phi) is 5.16. The van der Waals surface area contributed by atoms with Crippen LogP contribution in [0.5, 0.6) is 0 Å². The number of carboxylic acid groups (broad SMARTS) is 1. The van der Waals surface area contributed by atoms with E-state index in [4.69, 9.17) is 9.84 Å². The van der Waals surface area contributed by atoms with Crippen molar-refractivity contribution in [1.82, 2.24) is 0 Å². The molecule has 1 aliphatic rings. The number of aromatic carboxylic acids is 1. The van der Waals surface area contributed by atoms with Crippen molar-refractivity contribution in [2.45, 2.75) is 44.8 Å². The van der Waals surface area contributed by atoms with E-state index >= 15 is 0 Å². The van der Waals surface area contributed by atoms with Crippen LogP contribution >= 0.6 is 0 Å². The molecule has 2 rings (SSSR count). The van der Waals surface area contributed by atoms with Gasteiger partial charge in [0.2, 0.25) is 0 Å². The van der Waals surface area contributed by atoms with Crippen LogP contribution in [0.3, 0.4) is 0 Å². The lowest BCUT2D eigenvalue weighted by molar-refractivity contribution is 0.0283. The van der Waals surface area contributed by atoms with Crippen LogP contribution in [0, 0.1) is 0 Å². The van der Waals surface area contributed by atoms with E-state index in [2.05, 4.69) is 12.2 Å². The summed E-state index contributed by atoms with van der Waals surface area (Å²) in [5.74, 6) is -0.890. The summed E-state index contributed by atoms with van der Waals surface area (Å²) >= 11 is 0. The van der Waals surface area contributed by atoms with Crippen molar-refractivity contribution < 1.29 is 14.6 Å². The number of allylic oxidation sites excluding steroid dienone is 2. The van der Waals surface area contributed by atoms with Gasteiger partial charge in [-0.25, -0.2) is 4.79 Å². The summed E-state index contributed by atoms with van der Waals surface area (Å²) in [7, 11) is 0. The van der Waals surface area contributed by atoms with E-state index in [1.807, 2.05) is 12.1 Å². The summed E-state index contributed by atoms with van der Waals surface area (Å²) in [6, 6.07) is 6.91. The van der Waals surface area contributed by atoms with Gasteiger partial charge in [0.15, 0.2) is 0 Å². The zero-order valence-electron chi connectivity index (χ0n) is 11.0. The predicted molar refractivity (Wildman–Crippen MR) is 74.2 cm³/mol. The van der Waals surface area contributed by atoms with Crippen molar-refractivity contribution in [2.75, 3.05) is 0 Å². The van der Waals surface area contributed by atoms with Crippen molar-refractivity contribution in [3.05, 3.63) is 47.5 Å². The monoisotopic (exact) mass is 260 g/mol. The molecule has 0 spiro atoms. The molecule has 0 saturated heterocycles. The van der Waals surface area contributed by atoms with Crippen LogP contribution in [0.25, 0.3) is 0 Å². The van der Waals surface area contributed by atoms with E-state index in [9.17, 15) is 4.79 Å². The molecule has 0 aliphatic heterocycles. The SMILES string of the molecule is O=C(O)c1ccc(COC2CC/C=C/CCC2)cc1. The lowest BCUT2D eigenvalue weighted by atomic mass is 10.0. The molecule has 1 atom stereocenters. The number of carbonyl (C=O) groups is 1. The first-order chi connectivity index (χ1) is 9.25. The summed E-state index contributed by atoms with van der Waals surface area (Å²) < 4.78 is 5.92. The molecular formula is C16H20O3. The molecule has 0 amide bonds. The van der Waals surface area contributed by atoms with Crippen molar-refractivity contribution in [2.24, 2.45) is 0 Å². The van der Waals surface area contributed by atoms with E-state index in [1.54, 1.807) is 12.1 Å². The fourth-order valence-corrected chi connectivity index (χ4v) is 2.25. The molecule has 19 heavy (non-hydrogen) atoms. The Morgan fingerprint density at radius 3 is 2.63 bits per heavy atom. The summed E-state index contributed by atoms with van der Waals surface area (Å²) in [6.45, 7) is 0.564. The van der Waals surface area contributed by atoms with Crippen LogP contribution in [-0.2, 0) is 11.3 Å². The lowest BCUT2D eigenvalue weighted by Crippen LogP contribution is -2.13. The highest BCUT2D eigenvalue weighted by Gasteiger charge is 2.10. The summed E-state index contributed by atoms with van der Waals surface area (Å²) in [6.07, 6.45) is 10.4. The molecule has 1 aromatic rings. The standard InChI is InChI=1S/C16H20O3/c17-16(18)14-10-8-13(9-11-14)12-19-15-6-4-2-1-3-5-7-15/h1-2,8-11,15H,3-7,12H2,(H,17,18)/b2-1+. The highest BCUT2D eigenvalue weighted by molar-refractivity contribution is 5.87. The molecule has 1 unspecified atom stereocenters. The smallest absolute Gasteiger partial charge is 0.335 e. The van der Waals surface area contributed by atoms with Crippen LogP contribution in [0.1, 0.15) is 48.0 Å². The van der Waals surface area contributed by atoms with Crippen LogP contribution < -0.4 is 0 Å². The second-order valence-electron chi connectivity index (χ2n) is 4.91. The molecule has 0 heterocycles. The van der Waals surface area contributed by atoms with Gasteiger partial charge in [-0.3, -0.25) is 0 Å². The molecular weight excluding hydrogens is 240 g/mol. The van der Waals surface area contributed by atoms with E-state index in [0.717, 1.165) is 31.2 Å². The number of ether oxygens (including phenoxy) is 1. The molecule has 0 radical (unpaired) electrons. The van der Waals surface area contributed by atoms with E-state index < -0.39 is 5.97 Å². The molecule has 1 N–H and O–H groups in total. The number of hydrogen-bond donors (Lipinski definition) is 1. The Labute approximate surface area is 113 Å². The van der Waals surface area contributed by atoms with Gasteiger partial charge in [0.05, 0.1) is 18.3 Å². The second kappa shape index (κ2) is 7.10. The van der Waals surface area contributed by atoms with Gasteiger partial charge in [-0.2, -0.15) is 0 Å². The van der Waals surface area contributed by atoms with Crippen LogP contribution in [0.4, 0.5) is 0 Å². The minimum absolute atomic E-state index is 0.319. The fraction of sp³-hybridized carbons (Fsp3) is 0.438. The first-order valence-electron chi connectivity index (χ1n) is 6.84. The maximum absolute atomic E-state index is 10.8.